The summed E-state index contributed by atoms with van der Waals surface area (Å²) in [6, 6.07) is 9.79. The minimum Gasteiger partial charge on any atom is -0.490 e. The molecule has 186 valence electrons. The highest BCUT2D eigenvalue weighted by molar-refractivity contribution is 7.92. The summed E-state index contributed by atoms with van der Waals surface area (Å²) in [5, 5.41) is 1.97. The highest BCUT2D eigenvalue weighted by Crippen LogP contribution is 2.56. The van der Waals surface area contributed by atoms with Gasteiger partial charge in [0.15, 0.2) is 21.4 Å². The Bertz CT molecular complexity index is 1480. The number of rotatable bonds is 5. The van der Waals surface area contributed by atoms with Crippen LogP contribution in [0.4, 0.5) is 8.78 Å². The van der Waals surface area contributed by atoms with Gasteiger partial charge in [0, 0.05) is 17.0 Å². The number of hydrogen-bond donors (Lipinski definition) is 1. The van der Waals surface area contributed by atoms with E-state index in [1.165, 1.54) is 30.3 Å². The molecule has 0 saturated heterocycles. The first-order valence-electron chi connectivity index (χ1n) is 10.7. The van der Waals surface area contributed by atoms with Crippen molar-refractivity contribution in [2.24, 2.45) is 5.92 Å². The van der Waals surface area contributed by atoms with E-state index in [1.807, 2.05) is 0 Å². The van der Waals surface area contributed by atoms with Gasteiger partial charge in [0.2, 0.25) is 10.0 Å². The first-order chi connectivity index (χ1) is 16.6. The lowest BCUT2D eigenvalue weighted by atomic mass is 9.71. The third-order valence-electron chi connectivity index (χ3n) is 6.69. The SMILES string of the molecule is O=S(=O)(N[C@@H]1CC[C@@]2(S(=O)(=O)c3ccc(Cl)cc3)c3c(F)ccc(F)c3OC[C@H]2C1)c1cccs1. The predicted octanol–water partition coefficient (Wildman–Crippen LogP) is 4.89. The minimum atomic E-state index is -4.28. The molecule has 2 aromatic carbocycles. The second kappa shape index (κ2) is 8.81. The number of ether oxygens (including phenoxy) is 1. The number of benzene rings is 2. The topological polar surface area (TPSA) is 89.5 Å². The van der Waals surface area contributed by atoms with Crippen LogP contribution < -0.4 is 9.46 Å². The van der Waals surface area contributed by atoms with Crippen molar-refractivity contribution < 1.29 is 30.4 Å². The van der Waals surface area contributed by atoms with Crippen molar-refractivity contribution in [3.63, 3.8) is 0 Å². The Balaban J connectivity index is 1.61. The molecule has 3 aromatic rings. The molecule has 0 bridgehead atoms. The van der Waals surface area contributed by atoms with Gasteiger partial charge >= 0.3 is 0 Å². The molecule has 1 N–H and O–H groups in total. The van der Waals surface area contributed by atoms with E-state index in [1.54, 1.807) is 11.4 Å². The molecule has 6 nitrogen and oxygen atoms in total. The summed E-state index contributed by atoms with van der Waals surface area (Å²) >= 11 is 7.01. The molecule has 0 amide bonds. The van der Waals surface area contributed by atoms with Crippen LogP contribution in [0.25, 0.3) is 0 Å². The first kappa shape index (κ1) is 24.6. The third kappa shape index (κ3) is 3.97. The molecule has 0 radical (unpaired) electrons. The number of fused-ring (bicyclic) bond motifs is 3. The molecule has 1 fully saturated rings. The van der Waals surface area contributed by atoms with Crippen molar-refractivity contribution in [1.29, 1.82) is 0 Å². The number of nitrogens with one attached hydrogen (secondary N) is 1. The average Bonchev–Trinajstić information content (AvgIpc) is 3.37. The van der Waals surface area contributed by atoms with E-state index in [2.05, 4.69) is 4.72 Å². The van der Waals surface area contributed by atoms with Gasteiger partial charge in [-0.25, -0.2) is 30.3 Å². The molecule has 0 unspecified atom stereocenters. The van der Waals surface area contributed by atoms with Crippen molar-refractivity contribution in [2.45, 2.75) is 39.2 Å². The van der Waals surface area contributed by atoms with Gasteiger partial charge in [0.05, 0.1) is 17.1 Å². The Morgan fingerprint density at radius 1 is 1.03 bits per heavy atom. The maximum absolute atomic E-state index is 15.3. The summed E-state index contributed by atoms with van der Waals surface area (Å²) in [7, 11) is -8.10. The molecule has 2 heterocycles. The van der Waals surface area contributed by atoms with Crippen molar-refractivity contribution in [3.05, 3.63) is 76.1 Å². The molecular formula is C23H20ClF2NO5S3. The standard InChI is InChI=1S/C23H20ClF2NO5S3/c24-15-3-5-17(6-4-15)34(28,29)23-10-9-16(27-35(30,31)20-2-1-11-33-20)12-14(23)13-32-22-19(26)8-7-18(25)21(22)23/h1-8,11,14,16,27H,9-10,12-13H2/t14-,16-,23+/m1/s1. The maximum atomic E-state index is 15.3. The normalized spacial score (nSPS) is 24.3. The van der Waals surface area contributed by atoms with Crippen LogP contribution in [0.15, 0.2) is 63.0 Å². The zero-order valence-corrected chi connectivity index (χ0v) is 21.3. The molecule has 1 aliphatic carbocycles. The first-order valence-corrected chi connectivity index (χ1v) is 15.0. The fourth-order valence-electron chi connectivity index (χ4n) is 5.14. The fraction of sp³-hybridized carbons (Fsp3) is 0.304. The molecule has 12 heteroatoms. The second-order valence-electron chi connectivity index (χ2n) is 8.61. The quantitative estimate of drug-likeness (QED) is 0.481. The Kier molecular flexibility index (Phi) is 6.20. The summed E-state index contributed by atoms with van der Waals surface area (Å²) < 4.78 is 90.3. The molecule has 2 aliphatic rings. The maximum Gasteiger partial charge on any atom is 0.250 e. The lowest BCUT2D eigenvalue weighted by molar-refractivity contribution is 0.113. The van der Waals surface area contributed by atoms with Crippen LogP contribution in [0.5, 0.6) is 5.75 Å². The van der Waals surface area contributed by atoms with Crippen molar-refractivity contribution in [2.75, 3.05) is 6.61 Å². The van der Waals surface area contributed by atoms with Crippen LogP contribution in [-0.2, 0) is 24.6 Å². The summed E-state index contributed by atoms with van der Waals surface area (Å²) in [5.74, 6) is -3.00. The van der Waals surface area contributed by atoms with Gasteiger partial charge in [0.1, 0.15) is 14.8 Å². The van der Waals surface area contributed by atoms with Crippen LogP contribution >= 0.6 is 22.9 Å². The number of thiophene rings is 1. The van der Waals surface area contributed by atoms with Crippen molar-refractivity contribution in [3.8, 4) is 5.75 Å². The number of sulfone groups is 1. The van der Waals surface area contributed by atoms with Gasteiger partial charge in [0.25, 0.3) is 0 Å². The van der Waals surface area contributed by atoms with E-state index >= 15 is 4.39 Å². The largest absolute Gasteiger partial charge is 0.490 e. The van der Waals surface area contributed by atoms with Gasteiger partial charge in [-0.1, -0.05) is 17.7 Å². The molecule has 1 saturated carbocycles. The highest BCUT2D eigenvalue weighted by atomic mass is 35.5. The molecule has 1 aliphatic heterocycles. The minimum absolute atomic E-state index is 0.0623. The molecular weight excluding hydrogens is 540 g/mol. The Hall–Kier alpha value is -2.05. The van der Waals surface area contributed by atoms with Gasteiger partial charge in [-0.15, -0.1) is 11.3 Å². The fourth-order valence-corrected chi connectivity index (χ4v) is 9.92. The van der Waals surface area contributed by atoms with E-state index in [0.717, 1.165) is 23.5 Å². The van der Waals surface area contributed by atoms with E-state index in [4.69, 9.17) is 16.3 Å². The summed E-state index contributed by atoms with van der Waals surface area (Å²) in [6.45, 7) is -0.211. The van der Waals surface area contributed by atoms with Crippen molar-refractivity contribution >= 4 is 42.8 Å². The van der Waals surface area contributed by atoms with Crippen molar-refractivity contribution in [1.82, 2.24) is 4.72 Å². The highest BCUT2D eigenvalue weighted by Gasteiger charge is 2.59. The van der Waals surface area contributed by atoms with E-state index in [0.29, 0.717) is 5.02 Å². The van der Waals surface area contributed by atoms with Gasteiger partial charge in [-0.05, 0) is 67.1 Å². The predicted molar refractivity (Wildman–Crippen MR) is 128 cm³/mol. The number of halogens is 3. The summed E-state index contributed by atoms with van der Waals surface area (Å²) in [5.41, 5.74) is -0.344. The Morgan fingerprint density at radius 3 is 2.43 bits per heavy atom. The van der Waals surface area contributed by atoms with Gasteiger partial charge in [-0.3, -0.25) is 0 Å². The van der Waals surface area contributed by atoms with Gasteiger partial charge < -0.3 is 4.74 Å². The zero-order valence-electron chi connectivity index (χ0n) is 18.1. The van der Waals surface area contributed by atoms with Crippen LogP contribution in [0, 0.1) is 17.6 Å². The summed E-state index contributed by atoms with van der Waals surface area (Å²) in [4.78, 5) is -0.0824. The lowest BCUT2D eigenvalue weighted by Gasteiger charge is -2.49. The smallest absolute Gasteiger partial charge is 0.250 e. The summed E-state index contributed by atoms with van der Waals surface area (Å²) in [6.07, 6.45) is 0.0348. The second-order valence-corrected chi connectivity index (χ2v) is 14.1. The number of hydrogen-bond acceptors (Lipinski definition) is 6. The molecule has 3 atom stereocenters. The molecule has 0 spiro atoms. The van der Waals surface area contributed by atoms with Crippen LogP contribution in [0.1, 0.15) is 24.8 Å². The van der Waals surface area contributed by atoms with Crippen LogP contribution in [0.2, 0.25) is 5.02 Å². The van der Waals surface area contributed by atoms with Gasteiger partial charge in [-0.2, -0.15) is 0 Å². The van der Waals surface area contributed by atoms with Crippen LogP contribution in [0.3, 0.4) is 0 Å². The lowest BCUT2D eigenvalue weighted by Crippen LogP contribution is -2.55. The zero-order chi connectivity index (χ0) is 25.0. The Labute approximate surface area is 210 Å². The Morgan fingerprint density at radius 2 is 1.74 bits per heavy atom. The molecule has 1 aromatic heterocycles. The van der Waals surface area contributed by atoms with Crippen LogP contribution in [-0.4, -0.2) is 29.5 Å². The molecule has 35 heavy (non-hydrogen) atoms. The monoisotopic (exact) mass is 559 g/mol. The van der Waals surface area contributed by atoms with E-state index in [-0.39, 0.29) is 40.5 Å². The molecule has 5 rings (SSSR count). The number of sulfonamides is 1. The van der Waals surface area contributed by atoms with E-state index in [9.17, 15) is 21.2 Å². The third-order valence-corrected chi connectivity index (χ3v) is 12.5. The van der Waals surface area contributed by atoms with E-state index < -0.39 is 54.0 Å². The average molecular weight is 560 g/mol.